The molecule has 0 atom stereocenters. The second kappa shape index (κ2) is 3.71. The summed E-state index contributed by atoms with van der Waals surface area (Å²) in [5.74, 6) is 0. The number of rotatable bonds is 1. The van der Waals surface area contributed by atoms with Crippen molar-refractivity contribution in [2.75, 3.05) is 0 Å². The molecule has 0 aromatic heterocycles. The summed E-state index contributed by atoms with van der Waals surface area (Å²) < 4.78 is 0. The summed E-state index contributed by atoms with van der Waals surface area (Å²) in [5, 5.41) is 0. The van der Waals surface area contributed by atoms with E-state index in [-0.39, 0.29) is 0 Å². The average molecular weight is 145 g/mol. The summed E-state index contributed by atoms with van der Waals surface area (Å²) >= 11 is 0. The zero-order valence-corrected chi connectivity index (χ0v) is 6.62. The molecule has 0 radical (unpaired) electrons. The highest BCUT2D eigenvalue weighted by Crippen LogP contribution is 2.05. The number of hydrogen-bond acceptors (Lipinski definition) is 1. The monoisotopic (exact) mass is 145 g/mol. The summed E-state index contributed by atoms with van der Waals surface area (Å²) in [6, 6.07) is 0. The molecule has 11 heavy (non-hydrogen) atoms. The first-order valence-corrected chi connectivity index (χ1v) is 3.57. The van der Waals surface area contributed by atoms with Gasteiger partial charge in [-0.25, -0.2) is 0 Å². The van der Waals surface area contributed by atoms with Crippen molar-refractivity contribution in [1.82, 2.24) is 0 Å². The molecule has 0 saturated carbocycles. The second-order valence-electron chi connectivity index (χ2n) is 2.24. The van der Waals surface area contributed by atoms with Gasteiger partial charge in [0.25, 0.3) is 0 Å². The molecule has 1 aliphatic carbocycles. The van der Waals surface area contributed by atoms with E-state index in [1.54, 1.807) is 6.20 Å². The van der Waals surface area contributed by atoms with Gasteiger partial charge in [0, 0.05) is 6.20 Å². The van der Waals surface area contributed by atoms with Gasteiger partial charge in [0.2, 0.25) is 0 Å². The van der Waals surface area contributed by atoms with Crippen LogP contribution < -0.4 is 0 Å². The van der Waals surface area contributed by atoms with Crippen molar-refractivity contribution in [3.63, 3.8) is 0 Å². The van der Waals surface area contributed by atoms with Crippen LogP contribution in [0.25, 0.3) is 0 Å². The summed E-state index contributed by atoms with van der Waals surface area (Å²) in [6.45, 7) is 5.79. The maximum Gasteiger partial charge on any atom is 0.0695 e. The Balaban J connectivity index is 2.81. The van der Waals surface area contributed by atoms with E-state index < -0.39 is 0 Å². The fourth-order valence-corrected chi connectivity index (χ4v) is 0.792. The average Bonchev–Trinajstić information content (AvgIpc) is 2.03. The Morgan fingerprint density at radius 2 is 2.09 bits per heavy atom. The molecule has 0 aliphatic heterocycles. The Labute approximate surface area is 67.2 Å². The van der Waals surface area contributed by atoms with Crippen molar-refractivity contribution in [3.8, 4) is 0 Å². The van der Waals surface area contributed by atoms with Gasteiger partial charge >= 0.3 is 0 Å². The van der Waals surface area contributed by atoms with E-state index in [1.165, 1.54) is 0 Å². The van der Waals surface area contributed by atoms with E-state index in [0.29, 0.717) is 0 Å². The number of allylic oxidation sites excluding steroid dienone is 6. The van der Waals surface area contributed by atoms with E-state index in [1.807, 2.05) is 37.3 Å². The highest BCUT2D eigenvalue weighted by Gasteiger charge is 1.97. The number of hydrogen-bond donors (Lipinski definition) is 0. The van der Waals surface area contributed by atoms with Crippen LogP contribution in [0.1, 0.15) is 6.92 Å². The Kier molecular flexibility index (Phi) is 2.61. The molecule has 1 rings (SSSR count). The summed E-state index contributed by atoms with van der Waals surface area (Å²) in [5.41, 5.74) is 1.90. The third-order valence-electron chi connectivity index (χ3n) is 1.35. The van der Waals surface area contributed by atoms with Crippen molar-refractivity contribution in [2.24, 2.45) is 4.99 Å². The Hall–Kier alpha value is -1.37. The minimum absolute atomic E-state index is 0.936. The number of nitrogens with zero attached hydrogens (tertiary/aromatic N) is 1. The molecule has 0 spiro atoms. The molecule has 0 amide bonds. The molecule has 56 valence electrons. The van der Waals surface area contributed by atoms with Gasteiger partial charge in [0.05, 0.1) is 5.71 Å². The predicted molar refractivity (Wildman–Crippen MR) is 49.7 cm³/mol. The molecule has 0 N–H and O–H groups in total. The van der Waals surface area contributed by atoms with Crippen LogP contribution in [-0.2, 0) is 0 Å². The lowest BCUT2D eigenvalue weighted by Crippen LogP contribution is -1.96. The fourth-order valence-electron chi connectivity index (χ4n) is 0.792. The van der Waals surface area contributed by atoms with Crippen LogP contribution in [0.4, 0.5) is 0 Å². The molecule has 0 aromatic carbocycles. The summed E-state index contributed by atoms with van der Waals surface area (Å²) in [6.07, 6.45) is 11.5. The maximum absolute atomic E-state index is 4.18. The van der Waals surface area contributed by atoms with E-state index in [0.717, 1.165) is 11.3 Å². The minimum Gasteiger partial charge on any atom is -0.257 e. The lowest BCUT2D eigenvalue weighted by Gasteiger charge is -2.01. The van der Waals surface area contributed by atoms with Crippen LogP contribution in [0, 0.1) is 0 Å². The minimum atomic E-state index is 0.936. The first-order chi connectivity index (χ1) is 5.34. The summed E-state index contributed by atoms with van der Waals surface area (Å²) in [7, 11) is 0. The van der Waals surface area contributed by atoms with Crippen LogP contribution in [0.3, 0.4) is 0 Å². The molecule has 1 nitrogen and oxygen atoms in total. The normalized spacial score (nSPS) is 20.5. The van der Waals surface area contributed by atoms with E-state index in [9.17, 15) is 0 Å². The van der Waals surface area contributed by atoms with Gasteiger partial charge < -0.3 is 0 Å². The zero-order chi connectivity index (χ0) is 8.10. The van der Waals surface area contributed by atoms with Gasteiger partial charge in [-0.3, -0.25) is 4.99 Å². The number of aliphatic imine (C=N–C) groups is 1. The topological polar surface area (TPSA) is 12.4 Å². The van der Waals surface area contributed by atoms with Crippen LogP contribution in [0.5, 0.6) is 0 Å². The van der Waals surface area contributed by atoms with Crippen LogP contribution in [0.15, 0.2) is 53.7 Å². The molecule has 1 aliphatic rings. The molecule has 0 unspecified atom stereocenters. The van der Waals surface area contributed by atoms with Gasteiger partial charge in [-0.1, -0.05) is 30.9 Å². The third kappa shape index (κ3) is 2.04. The third-order valence-corrected chi connectivity index (χ3v) is 1.35. The highest BCUT2D eigenvalue weighted by molar-refractivity contribution is 6.11. The SMILES string of the molecule is C=C1C=CC=CC1=N/C=C\C. The molecule has 1 heteroatoms. The zero-order valence-electron chi connectivity index (χ0n) is 6.62. The molecule has 0 saturated heterocycles. The first kappa shape index (κ1) is 7.73. The Morgan fingerprint density at radius 1 is 1.36 bits per heavy atom. The van der Waals surface area contributed by atoms with E-state index >= 15 is 0 Å². The highest BCUT2D eigenvalue weighted by atomic mass is 14.7. The second-order valence-corrected chi connectivity index (χ2v) is 2.24. The predicted octanol–water partition coefficient (Wildman–Crippen LogP) is 2.64. The van der Waals surface area contributed by atoms with Crippen molar-refractivity contribution < 1.29 is 0 Å². The van der Waals surface area contributed by atoms with Crippen molar-refractivity contribution in [1.29, 1.82) is 0 Å². The standard InChI is InChI=1S/C10H11N/c1-3-8-11-10-7-5-4-6-9(10)2/h3-8H,2H2,1H3/b8-3-,11-10?. The molecule has 0 heterocycles. The van der Waals surface area contributed by atoms with E-state index in [4.69, 9.17) is 0 Å². The van der Waals surface area contributed by atoms with Gasteiger partial charge in [-0.15, -0.1) is 0 Å². The van der Waals surface area contributed by atoms with E-state index in [2.05, 4.69) is 11.6 Å². The maximum atomic E-state index is 4.18. The van der Waals surface area contributed by atoms with Gasteiger partial charge in [0.1, 0.15) is 0 Å². The molecule has 0 fully saturated rings. The van der Waals surface area contributed by atoms with Crippen LogP contribution in [-0.4, -0.2) is 5.71 Å². The smallest absolute Gasteiger partial charge is 0.0695 e. The quantitative estimate of drug-likeness (QED) is 0.538. The van der Waals surface area contributed by atoms with Crippen molar-refractivity contribution in [2.45, 2.75) is 6.92 Å². The Bertz CT molecular complexity index is 265. The lowest BCUT2D eigenvalue weighted by molar-refractivity contribution is 1.51. The summed E-state index contributed by atoms with van der Waals surface area (Å²) in [4.78, 5) is 4.18. The fraction of sp³-hybridized carbons (Fsp3) is 0.100. The van der Waals surface area contributed by atoms with Gasteiger partial charge in [-0.2, -0.15) is 0 Å². The molecule has 0 aromatic rings. The molecule has 0 bridgehead atoms. The van der Waals surface area contributed by atoms with Gasteiger partial charge in [-0.05, 0) is 18.6 Å². The largest absolute Gasteiger partial charge is 0.257 e. The van der Waals surface area contributed by atoms with Crippen molar-refractivity contribution >= 4 is 5.71 Å². The lowest BCUT2D eigenvalue weighted by atomic mass is 10.1. The molecular weight excluding hydrogens is 134 g/mol. The first-order valence-electron chi connectivity index (χ1n) is 3.57. The van der Waals surface area contributed by atoms with Crippen LogP contribution in [0.2, 0.25) is 0 Å². The van der Waals surface area contributed by atoms with Gasteiger partial charge in [0.15, 0.2) is 0 Å². The van der Waals surface area contributed by atoms with Crippen LogP contribution >= 0.6 is 0 Å². The van der Waals surface area contributed by atoms with Crippen molar-refractivity contribution in [3.05, 3.63) is 48.7 Å². The molecular formula is C10H11N. The Morgan fingerprint density at radius 3 is 2.73 bits per heavy atom.